The van der Waals surface area contributed by atoms with Gasteiger partial charge in [-0.25, -0.2) is 4.98 Å². The molecule has 2 aromatic rings. The summed E-state index contributed by atoms with van der Waals surface area (Å²) >= 11 is 2.56. The monoisotopic (exact) mass is 326 g/mol. The quantitative estimate of drug-likeness (QED) is 0.826. The molecule has 112 valence electrons. The number of hydrogen-bond acceptors (Lipinski definition) is 7. The molecule has 0 aliphatic rings. The Morgan fingerprint density at radius 2 is 2.14 bits per heavy atom. The minimum atomic E-state index is -0.330. The number of thiazole rings is 1. The van der Waals surface area contributed by atoms with Crippen LogP contribution in [0.25, 0.3) is 0 Å². The van der Waals surface area contributed by atoms with Crippen LogP contribution < -0.4 is 10.1 Å². The van der Waals surface area contributed by atoms with E-state index in [-0.39, 0.29) is 18.3 Å². The smallest absolute Gasteiger partial charge is 0.311 e. The molecule has 0 saturated heterocycles. The van der Waals surface area contributed by atoms with E-state index in [4.69, 9.17) is 9.47 Å². The van der Waals surface area contributed by atoms with E-state index in [1.54, 1.807) is 30.9 Å². The average molecular weight is 326 g/mol. The number of anilines is 1. The molecule has 0 unspecified atom stereocenters. The molecule has 6 nitrogen and oxygen atoms in total. The first kappa shape index (κ1) is 15.5. The van der Waals surface area contributed by atoms with Crippen molar-refractivity contribution < 1.29 is 19.1 Å². The number of ether oxygens (including phenoxy) is 2. The zero-order valence-corrected chi connectivity index (χ0v) is 13.2. The number of carbonyl (C=O) groups excluding carboxylic acids is 2. The number of nitrogens with zero attached hydrogens (tertiary/aromatic N) is 1. The van der Waals surface area contributed by atoms with Crippen molar-refractivity contribution in [3.63, 3.8) is 0 Å². The van der Waals surface area contributed by atoms with Gasteiger partial charge in [0.1, 0.15) is 5.75 Å². The zero-order chi connectivity index (χ0) is 15.2. The van der Waals surface area contributed by atoms with Gasteiger partial charge in [-0.1, -0.05) is 0 Å². The van der Waals surface area contributed by atoms with Crippen molar-refractivity contribution in [3.8, 4) is 5.75 Å². The molecule has 0 spiro atoms. The van der Waals surface area contributed by atoms with Gasteiger partial charge in [0.05, 0.1) is 30.7 Å². The highest BCUT2D eigenvalue weighted by atomic mass is 32.1. The predicted octanol–water partition coefficient (Wildman–Crippen LogP) is 2.57. The number of thiophene rings is 1. The van der Waals surface area contributed by atoms with Crippen LogP contribution in [0.15, 0.2) is 16.8 Å². The van der Waals surface area contributed by atoms with Crippen molar-refractivity contribution in [2.75, 3.05) is 19.0 Å². The predicted molar refractivity (Wildman–Crippen MR) is 81.3 cm³/mol. The van der Waals surface area contributed by atoms with Gasteiger partial charge in [-0.05, 0) is 6.92 Å². The fraction of sp³-hybridized carbons (Fsp3) is 0.308. The van der Waals surface area contributed by atoms with E-state index < -0.39 is 0 Å². The second-order valence-corrected chi connectivity index (χ2v) is 5.70. The Kier molecular flexibility index (Phi) is 5.29. The van der Waals surface area contributed by atoms with Crippen LogP contribution in [0.1, 0.15) is 22.3 Å². The van der Waals surface area contributed by atoms with Gasteiger partial charge in [0, 0.05) is 16.8 Å². The van der Waals surface area contributed by atoms with Gasteiger partial charge in [-0.2, -0.15) is 0 Å². The summed E-state index contributed by atoms with van der Waals surface area (Å²) in [6.07, 6.45) is 0.104. The Balaban J connectivity index is 1.95. The van der Waals surface area contributed by atoms with Gasteiger partial charge < -0.3 is 9.47 Å². The first-order chi connectivity index (χ1) is 10.1. The summed E-state index contributed by atoms with van der Waals surface area (Å²) in [5, 5.41) is 6.62. The lowest BCUT2D eigenvalue weighted by molar-refractivity contribution is -0.142. The molecule has 2 aromatic heterocycles. The van der Waals surface area contributed by atoms with Crippen LogP contribution in [-0.2, 0) is 16.0 Å². The highest BCUT2D eigenvalue weighted by molar-refractivity contribution is 7.14. The minimum Gasteiger partial charge on any atom is -0.496 e. The van der Waals surface area contributed by atoms with Crippen molar-refractivity contribution in [2.24, 2.45) is 0 Å². The summed E-state index contributed by atoms with van der Waals surface area (Å²) in [6.45, 7) is 2.09. The van der Waals surface area contributed by atoms with Crippen LogP contribution in [0.3, 0.4) is 0 Å². The van der Waals surface area contributed by atoms with Crippen molar-refractivity contribution in [1.29, 1.82) is 0 Å². The van der Waals surface area contributed by atoms with E-state index in [1.807, 2.05) is 0 Å². The zero-order valence-electron chi connectivity index (χ0n) is 11.5. The third kappa shape index (κ3) is 4.27. The standard InChI is InChI=1S/C13H14N2O4S2/c1-3-19-11(16)4-8-6-21-13(14-8)15-12(17)10-5-9(18-2)7-20-10/h5-7H,3-4H2,1-2H3,(H,14,15,17). The SMILES string of the molecule is CCOC(=O)Cc1csc(NC(=O)c2cc(OC)cs2)n1. The van der Waals surface area contributed by atoms with Crippen molar-refractivity contribution in [2.45, 2.75) is 13.3 Å². The average Bonchev–Trinajstić information content (AvgIpc) is 3.08. The summed E-state index contributed by atoms with van der Waals surface area (Å²) < 4.78 is 9.88. The van der Waals surface area contributed by atoms with Gasteiger partial charge in [0.25, 0.3) is 5.91 Å². The molecule has 21 heavy (non-hydrogen) atoms. The summed E-state index contributed by atoms with van der Waals surface area (Å²) in [7, 11) is 1.55. The fourth-order valence-corrected chi connectivity index (χ4v) is 2.96. The third-order valence-electron chi connectivity index (χ3n) is 2.44. The van der Waals surface area contributed by atoms with E-state index in [9.17, 15) is 9.59 Å². The number of aromatic nitrogens is 1. The fourth-order valence-electron chi connectivity index (χ4n) is 1.51. The number of amides is 1. The lowest BCUT2D eigenvalue weighted by Gasteiger charge is -1.99. The minimum absolute atomic E-state index is 0.104. The van der Waals surface area contributed by atoms with Crippen molar-refractivity contribution in [3.05, 3.63) is 27.4 Å². The van der Waals surface area contributed by atoms with Gasteiger partial charge in [-0.15, -0.1) is 22.7 Å². The third-order valence-corrected chi connectivity index (χ3v) is 4.15. The molecule has 2 rings (SSSR count). The first-order valence-electron chi connectivity index (χ1n) is 6.16. The van der Waals surface area contributed by atoms with Crippen LogP contribution in [-0.4, -0.2) is 30.6 Å². The number of carbonyl (C=O) groups is 2. The summed E-state index contributed by atoms with van der Waals surface area (Å²) in [6, 6.07) is 1.66. The molecule has 1 amide bonds. The van der Waals surface area contributed by atoms with Crippen molar-refractivity contribution in [1.82, 2.24) is 4.98 Å². The molecule has 2 heterocycles. The van der Waals surface area contributed by atoms with Crippen LogP contribution >= 0.6 is 22.7 Å². The van der Waals surface area contributed by atoms with Crippen molar-refractivity contribution >= 4 is 39.7 Å². The molecule has 0 aromatic carbocycles. The van der Waals surface area contributed by atoms with E-state index in [2.05, 4.69) is 10.3 Å². The van der Waals surface area contributed by atoms with Crippen LogP contribution in [0, 0.1) is 0 Å². The number of rotatable bonds is 6. The number of nitrogens with one attached hydrogen (secondary N) is 1. The summed E-state index contributed by atoms with van der Waals surface area (Å²) in [4.78, 5) is 28.1. The highest BCUT2D eigenvalue weighted by Crippen LogP contribution is 2.23. The molecule has 0 atom stereocenters. The Morgan fingerprint density at radius 1 is 1.33 bits per heavy atom. The Labute approximate surface area is 129 Å². The lowest BCUT2D eigenvalue weighted by atomic mass is 10.3. The maximum Gasteiger partial charge on any atom is 0.311 e. The Hall–Kier alpha value is -1.93. The number of esters is 1. The Bertz CT molecular complexity index is 636. The largest absolute Gasteiger partial charge is 0.496 e. The number of methoxy groups -OCH3 is 1. The summed E-state index contributed by atoms with van der Waals surface area (Å²) in [5.41, 5.74) is 0.581. The van der Waals surface area contributed by atoms with Gasteiger partial charge in [0.2, 0.25) is 0 Å². The van der Waals surface area contributed by atoms with Crippen LogP contribution in [0.4, 0.5) is 5.13 Å². The molecule has 0 aliphatic heterocycles. The van der Waals surface area contributed by atoms with E-state index >= 15 is 0 Å². The van der Waals surface area contributed by atoms with Crippen LogP contribution in [0.5, 0.6) is 5.75 Å². The molecule has 8 heteroatoms. The molecule has 0 saturated carbocycles. The second-order valence-electron chi connectivity index (χ2n) is 3.93. The van der Waals surface area contributed by atoms with E-state index in [1.165, 1.54) is 22.7 Å². The molecule has 0 radical (unpaired) electrons. The van der Waals surface area contributed by atoms with Gasteiger partial charge >= 0.3 is 5.97 Å². The normalized spacial score (nSPS) is 10.2. The van der Waals surface area contributed by atoms with E-state index in [0.717, 1.165) is 0 Å². The lowest BCUT2D eigenvalue weighted by Crippen LogP contribution is -2.11. The van der Waals surface area contributed by atoms with E-state index in [0.29, 0.717) is 28.1 Å². The topological polar surface area (TPSA) is 77.5 Å². The second kappa shape index (κ2) is 7.19. The van der Waals surface area contributed by atoms with Crippen LogP contribution in [0.2, 0.25) is 0 Å². The maximum atomic E-state index is 12.0. The first-order valence-corrected chi connectivity index (χ1v) is 7.92. The highest BCUT2D eigenvalue weighted by Gasteiger charge is 2.13. The molecule has 1 N–H and O–H groups in total. The molecule has 0 aliphatic carbocycles. The molecular formula is C13H14N2O4S2. The maximum absolute atomic E-state index is 12.0. The molecule has 0 fully saturated rings. The molecular weight excluding hydrogens is 312 g/mol. The summed E-state index contributed by atoms with van der Waals surface area (Å²) in [5.74, 6) is 0.0660. The van der Waals surface area contributed by atoms with Gasteiger partial charge in [0.15, 0.2) is 5.13 Å². The van der Waals surface area contributed by atoms with Gasteiger partial charge in [-0.3, -0.25) is 14.9 Å². The Morgan fingerprint density at radius 3 is 2.81 bits per heavy atom. The number of hydrogen-bond donors (Lipinski definition) is 1. The molecule has 0 bridgehead atoms.